The van der Waals surface area contributed by atoms with E-state index in [0.717, 1.165) is 12.8 Å². The van der Waals surface area contributed by atoms with Crippen LogP contribution in [0.1, 0.15) is 38.5 Å². The van der Waals surface area contributed by atoms with Gasteiger partial charge in [0.2, 0.25) is 15.9 Å². The van der Waals surface area contributed by atoms with Gasteiger partial charge < -0.3 is 5.32 Å². The molecule has 2 rings (SSSR count). The highest BCUT2D eigenvalue weighted by atomic mass is 32.2. The quantitative estimate of drug-likeness (QED) is 0.893. The highest BCUT2D eigenvalue weighted by Gasteiger charge is 2.17. The largest absolute Gasteiger partial charge is 0.326 e. The number of nitrogens with two attached hydrogens (primary N) is 1. The minimum Gasteiger partial charge on any atom is -0.326 e. The molecule has 1 amide bonds. The summed E-state index contributed by atoms with van der Waals surface area (Å²) in [6.07, 6.45) is 6.35. The highest BCUT2D eigenvalue weighted by Crippen LogP contribution is 2.26. The predicted octanol–water partition coefficient (Wildman–Crippen LogP) is 2.24. The van der Waals surface area contributed by atoms with E-state index < -0.39 is 10.0 Å². The molecule has 1 aliphatic carbocycles. The standard InChI is InChI=1S/C14H20N2O3S/c15-20(18,19)13-8-4-7-12(10-13)16-14(17)9-11-5-2-1-3-6-11/h4,7-8,10-11H,1-3,5-6,9H2,(H,16,17)(H2,15,18,19). The van der Waals surface area contributed by atoms with Crippen LogP contribution in [0, 0.1) is 5.92 Å². The molecule has 0 radical (unpaired) electrons. The lowest BCUT2D eigenvalue weighted by atomic mass is 9.87. The third-order valence-corrected chi connectivity index (χ3v) is 4.56. The summed E-state index contributed by atoms with van der Waals surface area (Å²) in [6, 6.07) is 6.02. The minimum atomic E-state index is -3.74. The molecule has 1 fully saturated rings. The Morgan fingerprint density at radius 3 is 2.60 bits per heavy atom. The van der Waals surface area contributed by atoms with Crippen molar-refractivity contribution < 1.29 is 13.2 Å². The fourth-order valence-corrected chi connectivity index (χ4v) is 3.18. The Morgan fingerprint density at radius 2 is 1.95 bits per heavy atom. The van der Waals surface area contributed by atoms with E-state index in [1.807, 2.05) is 0 Å². The summed E-state index contributed by atoms with van der Waals surface area (Å²) in [4.78, 5) is 12.0. The SMILES string of the molecule is NS(=O)(=O)c1cccc(NC(=O)CC2CCCCC2)c1. The zero-order chi connectivity index (χ0) is 14.6. The smallest absolute Gasteiger partial charge is 0.238 e. The number of primary sulfonamides is 1. The van der Waals surface area contributed by atoms with Gasteiger partial charge in [-0.25, -0.2) is 13.6 Å². The van der Waals surface area contributed by atoms with Crippen molar-refractivity contribution in [3.8, 4) is 0 Å². The Balaban J connectivity index is 1.97. The molecule has 0 aliphatic heterocycles. The molecule has 0 spiro atoms. The van der Waals surface area contributed by atoms with Gasteiger partial charge in [0.15, 0.2) is 0 Å². The molecule has 0 bridgehead atoms. The highest BCUT2D eigenvalue weighted by molar-refractivity contribution is 7.89. The van der Waals surface area contributed by atoms with Crippen LogP contribution < -0.4 is 10.5 Å². The van der Waals surface area contributed by atoms with Crippen molar-refractivity contribution in [2.45, 2.75) is 43.4 Å². The lowest BCUT2D eigenvalue weighted by molar-refractivity contribution is -0.117. The second-order valence-electron chi connectivity index (χ2n) is 5.33. The van der Waals surface area contributed by atoms with Crippen LogP contribution in [0.15, 0.2) is 29.2 Å². The van der Waals surface area contributed by atoms with Crippen molar-refractivity contribution in [1.29, 1.82) is 0 Å². The molecule has 3 N–H and O–H groups in total. The summed E-state index contributed by atoms with van der Waals surface area (Å²) < 4.78 is 22.5. The number of sulfonamides is 1. The molecule has 0 unspecified atom stereocenters. The summed E-state index contributed by atoms with van der Waals surface area (Å²) in [5.74, 6) is 0.383. The van der Waals surface area contributed by atoms with Crippen LogP contribution in [0.25, 0.3) is 0 Å². The number of rotatable bonds is 4. The number of hydrogen-bond acceptors (Lipinski definition) is 3. The molecule has 6 heteroatoms. The van der Waals surface area contributed by atoms with E-state index in [9.17, 15) is 13.2 Å². The molecular formula is C14H20N2O3S. The van der Waals surface area contributed by atoms with Crippen molar-refractivity contribution >= 4 is 21.6 Å². The van der Waals surface area contributed by atoms with Gasteiger partial charge in [-0.3, -0.25) is 4.79 Å². The van der Waals surface area contributed by atoms with Crippen LogP contribution in [-0.2, 0) is 14.8 Å². The summed E-state index contributed by atoms with van der Waals surface area (Å²) in [5.41, 5.74) is 0.470. The van der Waals surface area contributed by atoms with E-state index in [1.54, 1.807) is 12.1 Å². The number of anilines is 1. The molecule has 1 aliphatic rings. The second kappa shape index (κ2) is 6.37. The fourth-order valence-electron chi connectivity index (χ4n) is 2.62. The molecule has 1 saturated carbocycles. The van der Waals surface area contributed by atoms with Gasteiger partial charge in [0, 0.05) is 12.1 Å². The van der Waals surface area contributed by atoms with Crippen LogP contribution in [0.2, 0.25) is 0 Å². The topological polar surface area (TPSA) is 89.3 Å². The Bertz CT molecular complexity index is 578. The van der Waals surface area contributed by atoms with Gasteiger partial charge in [0.05, 0.1) is 4.90 Å². The van der Waals surface area contributed by atoms with Gasteiger partial charge in [0.1, 0.15) is 0 Å². The molecule has 0 heterocycles. The van der Waals surface area contributed by atoms with Crippen LogP contribution in [-0.4, -0.2) is 14.3 Å². The van der Waals surface area contributed by atoms with E-state index >= 15 is 0 Å². The first-order chi connectivity index (χ1) is 9.45. The molecule has 0 aromatic heterocycles. The number of amides is 1. The molecule has 0 saturated heterocycles. The van der Waals surface area contributed by atoms with E-state index in [4.69, 9.17) is 5.14 Å². The normalized spacial score (nSPS) is 16.9. The van der Waals surface area contributed by atoms with Gasteiger partial charge in [-0.05, 0) is 37.0 Å². The molecule has 110 valence electrons. The van der Waals surface area contributed by atoms with E-state index in [2.05, 4.69) is 5.32 Å². The lowest BCUT2D eigenvalue weighted by Crippen LogP contribution is -2.19. The van der Waals surface area contributed by atoms with Crippen LogP contribution in [0.4, 0.5) is 5.69 Å². The lowest BCUT2D eigenvalue weighted by Gasteiger charge is -2.20. The van der Waals surface area contributed by atoms with Crippen LogP contribution >= 0.6 is 0 Å². The molecular weight excluding hydrogens is 276 g/mol. The van der Waals surface area contributed by atoms with Crippen molar-refractivity contribution in [1.82, 2.24) is 0 Å². The van der Waals surface area contributed by atoms with E-state index in [1.165, 1.54) is 31.4 Å². The van der Waals surface area contributed by atoms with Gasteiger partial charge >= 0.3 is 0 Å². The van der Waals surface area contributed by atoms with E-state index in [0.29, 0.717) is 18.0 Å². The Labute approximate surface area is 119 Å². The number of hydrogen-bond donors (Lipinski definition) is 2. The maximum Gasteiger partial charge on any atom is 0.238 e. The molecule has 0 atom stereocenters. The summed E-state index contributed by atoms with van der Waals surface area (Å²) >= 11 is 0. The van der Waals surface area contributed by atoms with E-state index in [-0.39, 0.29) is 10.8 Å². The van der Waals surface area contributed by atoms with Crippen molar-refractivity contribution in [2.24, 2.45) is 11.1 Å². The van der Waals surface area contributed by atoms with Crippen molar-refractivity contribution in [2.75, 3.05) is 5.32 Å². The Hall–Kier alpha value is -1.40. The minimum absolute atomic E-state index is 0.00738. The van der Waals surface area contributed by atoms with Crippen LogP contribution in [0.3, 0.4) is 0 Å². The average molecular weight is 296 g/mol. The Kier molecular flexibility index (Phi) is 4.77. The summed E-state index contributed by atoms with van der Waals surface area (Å²) in [5, 5.41) is 7.81. The van der Waals surface area contributed by atoms with Crippen molar-refractivity contribution in [3.05, 3.63) is 24.3 Å². The molecule has 20 heavy (non-hydrogen) atoms. The maximum absolute atomic E-state index is 11.9. The summed E-state index contributed by atoms with van der Waals surface area (Å²) in [7, 11) is -3.74. The second-order valence-corrected chi connectivity index (χ2v) is 6.89. The van der Waals surface area contributed by atoms with Gasteiger partial charge in [-0.15, -0.1) is 0 Å². The number of carbonyl (C=O) groups is 1. The Morgan fingerprint density at radius 1 is 1.25 bits per heavy atom. The fraction of sp³-hybridized carbons (Fsp3) is 0.500. The number of nitrogens with one attached hydrogen (secondary N) is 1. The average Bonchev–Trinajstić information content (AvgIpc) is 2.39. The van der Waals surface area contributed by atoms with Gasteiger partial charge in [0.25, 0.3) is 0 Å². The first-order valence-electron chi connectivity index (χ1n) is 6.88. The van der Waals surface area contributed by atoms with Gasteiger partial charge in [-0.2, -0.15) is 0 Å². The summed E-state index contributed by atoms with van der Waals surface area (Å²) in [6.45, 7) is 0. The first kappa shape index (κ1) is 15.0. The maximum atomic E-state index is 11.9. The third-order valence-electron chi connectivity index (χ3n) is 3.65. The number of benzene rings is 1. The third kappa shape index (κ3) is 4.31. The molecule has 5 nitrogen and oxygen atoms in total. The van der Waals surface area contributed by atoms with Crippen LogP contribution in [0.5, 0.6) is 0 Å². The van der Waals surface area contributed by atoms with Crippen molar-refractivity contribution in [3.63, 3.8) is 0 Å². The zero-order valence-corrected chi connectivity index (χ0v) is 12.2. The number of carbonyl (C=O) groups excluding carboxylic acids is 1. The first-order valence-corrected chi connectivity index (χ1v) is 8.42. The van der Waals surface area contributed by atoms with Gasteiger partial charge in [-0.1, -0.05) is 25.3 Å². The monoisotopic (exact) mass is 296 g/mol. The predicted molar refractivity (Wildman–Crippen MR) is 77.6 cm³/mol. The zero-order valence-electron chi connectivity index (χ0n) is 11.3. The molecule has 1 aromatic carbocycles. The molecule has 1 aromatic rings.